The fraction of sp³-hybridized carbons (Fsp3) is 0.667. The van der Waals surface area contributed by atoms with E-state index < -0.39 is 0 Å². The molecule has 16 heavy (non-hydrogen) atoms. The molecular weight excluding hydrogens is 274 g/mol. The van der Waals surface area contributed by atoms with Gasteiger partial charge in [-0.15, -0.1) is 5.10 Å². The second-order valence-electron chi connectivity index (χ2n) is 3.93. The zero-order chi connectivity index (χ0) is 12.1. The quantitative estimate of drug-likeness (QED) is 0.839. The maximum atomic E-state index is 11.5. The molecule has 0 spiro atoms. The van der Waals surface area contributed by atoms with Crippen molar-refractivity contribution in [3.63, 3.8) is 0 Å². The Morgan fingerprint density at radius 2 is 2.31 bits per heavy atom. The van der Waals surface area contributed by atoms with Crippen molar-refractivity contribution in [2.75, 3.05) is 12.3 Å². The first kappa shape index (κ1) is 13.0. The van der Waals surface area contributed by atoms with E-state index in [0.29, 0.717) is 17.2 Å². The standard InChI is InChI=1S/C9H16BrN5O/c1-6(2)3-4-12-7(16)5-15-8(10)13-9(11)14-15/h6H,3-5H2,1-2H3,(H2,11,14)(H,12,16). The molecule has 3 N–H and O–H groups in total. The van der Waals surface area contributed by atoms with Gasteiger partial charge in [0.1, 0.15) is 6.54 Å². The summed E-state index contributed by atoms with van der Waals surface area (Å²) in [6.07, 6.45) is 0.965. The molecule has 1 rings (SSSR count). The molecule has 0 fully saturated rings. The summed E-state index contributed by atoms with van der Waals surface area (Å²) in [5, 5.41) is 6.68. The van der Waals surface area contributed by atoms with Gasteiger partial charge >= 0.3 is 0 Å². The van der Waals surface area contributed by atoms with Crippen LogP contribution in [-0.2, 0) is 11.3 Å². The van der Waals surface area contributed by atoms with Gasteiger partial charge in [-0.3, -0.25) is 4.79 Å². The average Bonchev–Trinajstić information content (AvgIpc) is 2.44. The maximum absolute atomic E-state index is 11.5. The van der Waals surface area contributed by atoms with E-state index in [9.17, 15) is 4.79 Å². The van der Waals surface area contributed by atoms with E-state index in [1.165, 1.54) is 4.68 Å². The molecule has 0 aliphatic carbocycles. The van der Waals surface area contributed by atoms with Crippen LogP contribution >= 0.6 is 15.9 Å². The van der Waals surface area contributed by atoms with Gasteiger partial charge in [0, 0.05) is 6.54 Å². The first-order valence-electron chi connectivity index (χ1n) is 5.11. The number of hydrogen-bond donors (Lipinski definition) is 2. The second kappa shape index (κ2) is 5.83. The van der Waals surface area contributed by atoms with Crippen LogP contribution in [0.2, 0.25) is 0 Å². The largest absolute Gasteiger partial charge is 0.366 e. The molecule has 0 unspecified atom stereocenters. The highest BCUT2D eigenvalue weighted by Crippen LogP contribution is 2.07. The summed E-state index contributed by atoms with van der Waals surface area (Å²) >= 11 is 3.17. The van der Waals surface area contributed by atoms with E-state index in [1.54, 1.807) is 0 Å². The third kappa shape index (κ3) is 4.18. The van der Waals surface area contributed by atoms with Crippen LogP contribution in [0.3, 0.4) is 0 Å². The minimum atomic E-state index is -0.0914. The van der Waals surface area contributed by atoms with Gasteiger partial charge in [-0.05, 0) is 28.3 Å². The van der Waals surface area contributed by atoms with Crippen LogP contribution in [-0.4, -0.2) is 27.2 Å². The molecule has 0 atom stereocenters. The van der Waals surface area contributed by atoms with Crippen molar-refractivity contribution in [3.8, 4) is 0 Å². The minimum absolute atomic E-state index is 0.0914. The topological polar surface area (TPSA) is 85.8 Å². The number of rotatable bonds is 5. The van der Waals surface area contributed by atoms with E-state index in [1.807, 2.05) is 0 Å². The smallest absolute Gasteiger partial charge is 0.241 e. The lowest BCUT2D eigenvalue weighted by Crippen LogP contribution is -2.29. The number of nitrogens with two attached hydrogens (primary N) is 1. The van der Waals surface area contributed by atoms with Gasteiger partial charge in [-0.2, -0.15) is 4.98 Å². The molecule has 1 aromatic rings. The van der Waals surface area contributed by atoms with Crippen molar-refractivity contribution in [1.82, 2.24) is 20.1 Å². The first-order chi connectivity index (χ1) is 7.49. The summed E-state index contributed by atoms with van der Waals surface area (Å²) in [5.74, 6) is 0.641. The van der Waals surface area contributed by atoms with Gasteiger partial charge in [0.25, 0.3) is 0 Å². The van der Waals surface area contributed by atoms with Crippen LogP contribution < -0.4 is 11.1 Å². The molecule has 1 amide bonds. The van der Waals surface area contributed by atoms with Gasteiger partial charge in [0.15, 0.2) is 4.73 Å². The Bertz CT molecular complexity index is 363. The first-order valence-corrected chi connectivity index (χ1v) is 5.91. The summed E-state index contributed by atoms with van der Waals surface area (Å²) in [6, 6.07) is 0. The number of anilines is 1. The Labute approximate surface area is 103 Å². The highest BCUT2D eigenvalue weighted by atomic mass is 79.9. The Hall–Kier alpha value is -1.11. The Morgan fingerprint density at radius 1 is 1.62 bits per heavy atom. The van der Waals surface area contributed by atoms with Crippen molar-refractivity contribution in [2.24, 2.45) is 5.92 Å². The summed E-state index contributed by atoms with van der Waals surface area (Å²) in [7, 11) is 0. The highest BCUT2D eigenvalue weighted by molar-refractivity contribution is 9.10. The molecule has 6 nitrogen and oxygen atoms in total. The number of carbonyl (C=O) groups is 1. The lowest BCUT2D eigenvalue weighted by molar-refractivity contribution is -0.121. The van der Waals surface area contributed by atoms with E-state index in [4.69, 9.17) is 5.73 Å². The molecule has 0 aromatic carbocycles. The fourth-order valence-corrected chi connectivity index (χ4v) is 1.52. The summed E-state index contributed by atoms with van der Waals surface area (Å²) in [6.45, 7) is 5.03. The number of amides is 1. The average molecular weight is 290 g/mol. The number of nitrogens with zero attached hydrogens (tertiary/aromatic N) is 3. The summed E-state index contributed by atoms with van der Waals surface area (Å²) in [4.78, 5) is 15.3. The highest BCUT2D eigenvalue weighted by Gasteiger charge is 2.08. The molecule has 1 heterocycles. The predicted molar refractivity (Wildman–Crippen MR) is 64.6 cm³/mol. The van der Waals surface area contributed by atoms with Gasteiger partial charge in [0.2, 0.25) is 11.9 Å². The van der Waals surface area contributed by atoms with E-state index in [0.717, 1.165) is 6.42 Å². The number of carbonyl (C=O) groups excluding carboxylic acids is 1. The number of nitrogens with one attached hydrogen (secondary N) is 1. The SMILES string of the molecule is CC(C)CCNC(=O)Cn1nc(N)nc1Br. The zero-order valence-electron chi connectivity index (χ0n) is 9.40. The van der Waals surface area contributed by atoms with Crippen molar-refractivity contribution in [3.05, 3.63) is 4.73 Å². The molecule has 0 aliphatic rings. The van der Waals surface area contributed by atoms with E-state index in [2.05, 4.69) is 45.2 Å². The number of aromatic nitrogens is 3. The predicted octanol–water partition coefficient (Wildman–Crippen LogP) is 0.785. The number of halogens is 1. The molecule has 0 aliphatic heterocycles. The molecule has 0 saturated carbocycles. The fourth-order valence-electron chi connectivity index (χ4n) is 1.13. The lowest BCUT2D eigenvalue weighted by atomic mass is 10.1. The summed E-state index contributed by atoms with van der Waals surface area (Å²) in [5.41, 5.74) is 5.39. The van der Waals surface area contributed by atoms with E-state index >= 15 is 0 Å². The van der Waals surface area contributed by atoms with Crippen LogP contribution in [0, 0.1) is 5.92 Å². The minimum Gasteiger partial charge on any atom is -0.366 e. The van der Waals surface area contributed by atoms with Gasteiger partial charge in [0.05, 0.1) is 0 Å². The maximum Gasteiger partial charge on any atom is 0.241 e. The Kier molecular flexibility index (Phi) is 4.72. The normalized spacial score (nSPS) is 10.8. The van der Waals surface area contributed by atoms with Crippen LogP contribution in [0.4, 0.5) is 5.95 Å². The van der Waals surface area contributed by atoms with Crippen LogP contribution in [0.25, 0.3) is 0 Å². The third-order valence-electron chi connectivity index (χ3n) is 1.98. The van der Waals surface area contributed by atoms with Crippen molar-refractivity contribution in [1.29, 1.82) is 0 Å². The lowest BCUT2D eigenvalue weighted by Gasteiger charge is -2.07. The summed E-state index contributed by atoms with van der Waals surface area (Å²) < 4.78 is 1.88. The third-order valence-corrected chi connectivity index (χ3v) is 2.57. The number of nitrogen functional groups attached to an aromatic ring is 1. The zero-order valence-corrected chi connectivity index (χ0v) is 11.0. The molecule has 0 saturated heterocycles. The number of hydrogen-bond acceptors (Lipinski definition) is 4. The van der Waals surface area contributed by atoms with Crippen molar-refractivity contribution >= 4 is 27.8 Å². The van der Waals surface area contributed by atoms with Crippen molar-refractivity contribution < 1.29 is 4.79 Å². The van der Waals surface area contributed by atoms with Crippen molar-refractivity contribution in [2.45, 2.75) is 26.8 Å². The Balaban J connectivity index is 2.37. The molecule has 7 heteroatoms. The molecule has 0 bridgehead atoms. The molecule has 90 valence electrons. The van der Waals surface area contributed by atoms with Crippen LogP contribution in [0.1, 0.15) is 20.3 Å². The van der Waals surface area contributed by atoms with Gasteiger partial charge < -0.3 is 11.1 Å². The second-order valence-corrected chi connectivity index (χ2v) is 4.64. The monoisotopic (exact) mass is 289 g/mol. The van der Waals surface area contributed by atoms with E-state index in [-0.39, 0.29) is 18.4 Å². The molecular formula is C9H16BrN5O. The van der Waals surface area contributed by atoms with Gasteiger partial charge in [-0.25, -0.2) is 4.68 Å². The molecule has 0 radical (unpaired) electrons. The van der Waals surface area contributed by atoms with Gasteiger partial charge in [-0.1, -0.05) is 13.8 Å². The van der Waals surface area contributed by atoms with Crippen LogP contribution in [0.15, 0.2) is 4.73 Å². The molecule has 1 aromatic heterocycles. The Morgan fingerprint density at radius 3 is 2.81 bits per heavy atom. The van der Waals surface area contributed by atoms with Crippen LogP contribution in [0.5, 0.6) is 0 Å².